The zero-order valence-corrected chi connectivity index (χ0v) is 13.7. The van der Waals surface area contributed by atoms with Crippen molar-refractivity contribution in [3.05, 3.63) is 29.8 Å². The number of thioether (sulfide) groups is 1. The lowest BCUT2D eigenvalue weighted by atomic mass is 10.2. The Bertz CT molecular complexity index is 450. The molecule has 0 radical (unpaired) electrons. The molecule has 1 aromatic carbocycles. The van der Waals surface area contributed by atoms with Gasteiger partial charge in [0.1, 0.15) is 0 Å². The highest BCUT2D eigenvalue weighted by molar-refractivity contribution is 7.99. The molecule has 116 valence electrons. The number of ether oxygens (including phenoxy) is 1. The summed E-state index contributed by atoms with van der Waals surface area (Å²) in [4.78, 5) is 3.84. The summed E-state index contributed by atoms with van der Waals surface area (Å²) in [5.41, 5.74) is 1.40. The highest BCUT2D eigenvalue weighted by atomic mass is 32.2. The lowest BCUT2D eigenvalue weighted by Gasteiger charge is -2.31. The molecule has 21 heavy (non-hydrogen) atoms. The Balaban J connectivity index is 1.46. The molecule has 0 bridgehead atoms. The number of nitrogens with one attached hydrogen (secondary N) is 1. The fraction of sp³-hybridized carbons (Fsp3) is 0.647. The zero-order chi connectivity index (χ0) is 14.5. The number of likely N-dealkylation sites (N-methyl/N-ethyl adjacent to an activating group) is 1. The van der Waals surface area contributed by atoms with E-state index in [1.54, 1.807) is 0 Å². The maximum absolute atomic E-state index is 5.87. The number of nitrogens with zero attached hydrogens (tertiary/aromatic N) is 1. The second kappa shape index (κ2) is 7.63. The second-order valence-corrected chi connectivity index (χ2v) is 7.09. The first-order chi connectivity index (χ1) is 10.3. The van der Waals surface area contributed by atoms with Crippen molar-refractivity contribution in [3.8, 4) is 0 Å². The van der Waals surface area contributed by atoms with Gasteiger partial charge in [0, 0.05) is 36.3 Å². The summed E-state index contributed by atoms with van der Waals surface area (Å²) >= 11 is 1.92. The van der Waals surface area contributed by atoms with Crippen molar-refractivity contribution in [2.75, 3.05) is 32.0 Å². The summed E-state index contributed by atoms with van der Waals surface area (Å²) in [7, 11) is 0. The molecule has 0 amide bonds. The van der Waals surface area contributed by atoms with Gasteiger partial charge in [-0.2, -0.15) is 0 Å². The lowest BCUT2D eigenvalue weighted by molar-refractivity contribution is -0.0137. The summed E-state index contributed by atoms with van der Waals surface area (Å²) < 4.78 is 5.87. The van der Waals surface area contributed by atoms with Crippen LogP contribution in [-0.2, 0) is 11.3 Å². The van der Waals surface area contributed by atoms with E-state index < -0.39 is 0 Å². The Hall–Kier alpha value is -0.550. The van der Waals surface area contributed by atoms with Gasteiger partial charge in [0.05, 0.1) is 12.7 Å². The molecule has 1 atom stereocenters. The monoisotopic (exact) mass is 306 g/mol. The molecule has 1 N–H and O–H groups in total. The van der Waals surface area contributed by atoms with E-state index in [0.29, 0.717) is 6.10 Å². The molecule has 0 spiro atoms. The first-order valence-corrected chi connectivity index (χ1v) is 9.11. The van der Waals surface area contributed by atoms with Gasteiger partial charge in [-0.05, 0) is 37.1 Å². The third-order valence-corrected chi connectivity index (χ3v) is 5.30. The van der Waals surface area contributed by atoms with Gasteiger partial charge in [-0.15, -0.1) is 11.8 Å². The molecule has 1 aromatic rings. The summed E-state index contributed by atoms with van der Waals surface area (Å²) in [6, 6.07) is 9.70. The van der Waals surface area contributed by atoms with Crippen LogP contribution in [0.25, 0.3) is 0 Å². The van der Waals surface area contributed by atoms with Crippen molar-refractivity contribution in [3.63, 3.8) is 0 Å². The molecule has 1 saturated heterocycles. The van der Waals surface area contributed by atoms with Gasteiger partial charge >= 0.3 is 0 Å². The van der Waals surface area contributed by atoms with Gasteiger partial charge in [0.25, 0.3) is 0 Å². The van der Waals surface area contributed by atoms with Crippen molar-refractivity contribution in [2.45, 2.75) is 43.4 Å². The van der Waals surface area contributed by atoms with E-state index in [9.17, 15) is 0 Å². The number of rotatable bonds is 7. The maximum atomic E-state index is 5.87. The van der Waals surface area contributed by atoms with E-state index in [2.05, 4.69) is 41.4 Å². The molecular weight excluding hydrogens is 280 g/mol. The highest BCUT2D eigenvalue weighted by Gasteiger charge is 2.20. The normalized spacial score (nSPS) is 23.4. The third kappa shape index (κ3) is 4.99. The van der Waals surface area contributed by atoms with Crippen molar-refractivity contribution >= 4 is 11.8 Å². The quantitative estimate of drug-likeness (QED) is 0.783. The largest absolute Gasteiger partial charge is 0.375 e. The van der Waals surface area contributed by atoms with Gasteiger partial charge in [0.15, 0.2) is 0 Å². The van der Waals surface area contributed by atoms with Gasteiger partial charge < -0.3 is 10.1 Å². The summed E-state index contributed by atoms with van der Waals surface area (Å²) in [5.74, 6) is 1.05. The molecule has 2 aliphatic rings. The summed E-state index contributed by atoms with van der Waals surface area (Å²) in [6.07, 6.45) is 3.07. The van der Waals surface area contributed by atoms with E-state index in [1.165, 1.54) is 23.3 Å². The fourth-order valence-corrected chi connectivity index (χ4v) is 3.64. The van der Waals surface area contributed by atoms with Crippen LogP contribution in [0, 0.1) is 0 Å². The standard InChI is InChI=1S/C17H26N2OS/c1-2-19-8-9-20-16(12-19)13-21-17-5-3-4-14(10-17)11-18-15-6-7-15/h3-5,10,15-16,18H,2,6-9,11-13H2,1H3. The smallest absolute Gasteiger partial charge is 0.0796 e. The third-order valence-electron chi connectivity index (χ3n) is 4.18. The fourth-order valence-electron chi connectivity index (χ4n) is 2.65. The SMILES string of the molecule is CCN1CCOC(CSc2cccc(CNC3CC3)c2)C1. The molecule has 1 heterocycles. The molecule has 0 aromatic heterocycles. The number of benzene rings is 1. The van der Waals surface area contributed by atoms with Crippen molar-refractivity contribution in [1.29, 1.82) is 0 Å². The average molecular weight is 306 g/mol. The average Bonchev–Trinajstić information content (AvgIpc) is 3.36. The maximum Gasteiger partial charge on any atom is 0.0796 e. The Labute approximate surface area is 132 Å². The molecular formula is C17H26N2OS. The molecule has 1 unspecified atom stereocenters. The van der Waals surface area contributed by atoms with Crippen molar-refractivity contribution in [1.82, 2.24) is 10.2 Å². The molecule has 2 fully saturated rings. The van der Waals surface area contributed by atoms with E-state index in [0.717, 1.165) is 44.6 Å². The molecule has 1 aliphatic heterocycles. The number of hydrogen-bond acceptors (Lipinski definition) is 4. The Morgan fingerprint density at radius 3 is 3.10 bits per heavy atom. The molecule has 3 rings (SSSR count). The van der Waals surface area contributed by atoms with E-state index >= 15 is 0 Å². The molecule has 4 heteroatoms. The minimum absolute atomic E-state index is 0.372. The first-order valence-electron chi connectivity index (χ1n) is 8.12. The van der Waals surface area contributed by atoms with Crippen LogP contribution in [-0.4, -0.2) is 49.0 Å². The van der Waals surface area contributed by atoms with Crippen LogP contribution >= 0.6 is 11.8 Å². The first kappa shape index (κ1) is 15.3. The topological polar surface area (TPSA) is 24.5 Å². The van der Waals surface area contributed by atoms with Crippen LogP contribution in [0.4, 0.5) is 0 Å². The van der Waals surface area contributed by atoms with Gasteiger partial charge in [-0.3, -0.25) is 4.90 Å². The Morgan fingerprint density at radius 1 is 1.38 bits per heavy atom. The summed E-state index contributed by atoms with van der Waals surface area (Å²) in [6.45, 7) is 7.40. The highest BCUT2D eigenvalue weighted by Crippen LogP contribution is 2.23. The van der Waals surface area contributed by atoms with Gasteiger partial charge in [-0.25, -0.2) is 0 Å². The van der Waals surface area contributed by atoms with Crippen LogP contribution in [0.2, 0.25) is 0 Å². The Morgan fingerprint density at radius 2 is 2.29 bits per heavy atom. The predicted octanol–water partition coefficient (Wildman–Crippen LogP) is 2.75. The van der Waals surface area contributed by atoms with Crippen LogP contribution in [0.1, 0.15) is 25.3 Å². The molecule has 1 aliphatic carbocycles. The van der Waals surface area contributed by atoms with Gasteiger partial charge in [-0.1, -0.05) is 19.1 Å². The summed E-state index contributed by atoms with van der Waals surface area (Å²) in [5, 5.41) is 3.58. The molecule has 1 saturated carbocycles. The van der Waals surface area contributed by atoms with Crippen molar-refractivity contribution in [2.24, 2.45) is 0 Å². The van der Waals surface area contributed by atoms with Crippen LogP contribution in [0.3, 0.4) is 0 Å². The minimum atomic E-state index is 0.372. The predicted molar refractivity (Wildman–Crippen MR) is 88.9 cm³/mol. The van der Waals surface area contributed by atoms with Crippen LogP contribution in [0.15, 0.2) is 29.2 Å². The minimum Gasteiger partial charge on any atom is -0.375 e. The van der Waals surface area contributed by atoms with E-state index in [4.69, 9.17) is 4.74 Å². The van der Waals surface area contributed by atoms with E-state index in [1.807, 2.05) is 11.8 Å². The van der Waals surface area contributed by atoms with E-state index in [-0.39, 0.29) is 0 Å². The zero-order valence-electron chi connectivity index (χ0n) is 12.9. The van der Waals surface area contributed by atoms with Crippen LogP contribution < -0.4 is 5.32 Å². The Kier molecular flexibility index (Phi) is 5.58. The van der Waals surface area contributed by atoms with Gasteiger partial charge in [0.2, 0.25) is 0 Å². The number of hydrogen-bond donors (Lipinski definition) is 1. The second-order valence-electron chi connectivity index (χ2n) is 6.00. The van der Waals surface area contributed by atoms with Crippen molar-refractivity contribution < 1.29 is 4.74 Å². The number of morpholine rings is 1. The van der Waals surface area contributed by atoms with Crippen LogP contribution in [0.5, 0.6) is 0 Å². The lowest BCUT2D eigenvalue weighted by Crippen LogP contribution is -2.43. The molecule has 3 nitrogen and oxygen atoms in total.